The van der Waals surface area contributed by atoms with E-state index in [1.165, 1.54) is 10.5 Å². The van der Waals surface area contributed by atoms with Crippen LogP contribution in [0.3, 0.4) is 0 Å². The zero-order chi connectivity index (χ0) is 20.8. The van der Waals surface area contributed by atoms with Gasteiger partial charge in [-0.05, 0) is 42.0 Å². The molecule has 1 fully saturated rings. The topological polar surface area (TPSA) is 46.9 Å². The Morgan fingerprint density at radius 2 is 1.67 bits per heavy atom. The number of nitrogens with one attached hydrogen (secondary N) is 1. The van der Waals surface area contributed by atoms with Crippen molar-refractivity contribution in [2.75, 3.05) is 26.2 Å². The quantitative estimate of drug-likeness (QED) is 0.664. The fourth-order valence-electron chi connectivity index (χ4n) is 3.67. The molecule has 1 aliphatic rings. The summed E-state index contributed by atoms with van der Waals surface area (Å²) in [7, 11) is 0. The SMILES string of the molecule is O=C(c1ccccc1OCc1ccc(Cl)cc1)N1CC[NH+](Cc2ccncc2)CC1. The molecule has 1 N–H and O–H groups in total. The first kappa shape index (κ1) is 20.4. The van der Waals surface area contributed by atoms with Crippen molar-refractivity contribution in [2.45, 2.75) is 13.2 Å². The molecule has 2 heterocycles. The molecule has 0 aliphatic carbocycles. The number of aromatic nitrogens is 1. The third-order valence-corrected chi connectivity index (χ3v) is 5.64. The molecule has 0 radical (unpaired) electrons. The molecule has 1 saturated heterocycles. The highest BCUT2D eigenvalue weighted by molar-refractivity contribution is 6.30. The molecule has 30 heavy (non-hydrogen) atoms. The number of halogens is 1. The van der Waals surface area contributed by atoms with Gasteiger partial charge in [0.1, 0.15) is 18.9 Å². The molecule has 0 bridgehead atoms. The van der Waals surface area contributed by atoms with Crippen LogP contribution in [0.2, 0.25) is 5.02 Å². The van der Waals surface area contributed by atoms with Crippen LogP contribution in [0, 0.1) is 0 Å². The number of para-hydroxylation sites is 1. The fraction of sp³-hybridized carbons (Fsp3) is 0.250. The zero-order valence-corrected chi connectivity index (χ0v) is 17.5. The van der Waals surface area contributed by atoms with Gasteiger partial charge >= 0.3 is 0 Å². The Morgan fingerprint density at radius 3 is 2.40 bits per heavy atom. The Labute approximate surface area is 181 Å². The molecule has 0 unspecified atom stereocenters. The lowest BCUT2D eigenvalue weighted by atomic mass is 10.1. The maximum atomic E-state index is 13.2. The number of quaternary nitrogens is 1. The van der Waals surface area contributed by atoms with E-state index in [1.54, 1.807) is 0 Å². The minimum absolute atomic E-state index is 0.0321. The summed E-state index contributed by atoms with van der Waals surface area (Å²) in [6.45, 7) is 4.70. The Hall–Kier alpha value is -2.89. The van der Waals surface area contributed by atoms with Gasteiger partial charge in [-0.2, -0.15) is 0 Å². The molecule has 0 atom stereocenters. The van der Waals surface area contributed by atoms with Crippen LogP contribution >= 0.6 is 11.6 Å². The second kappa shape index (κ2) is 9.74. The fourth-order valence-corrected chi connectivity index (χ4v) is 3.80. The molecule has 0 spiro atoms. The molecule has 5 nitrogen and oxygen atoms in total. The lowest BCUT2D eigenvalue weighted by Gasteiger charge is -2.32. The number of hydrogen-bond donors (Lipinski definition) is 1. The molecule has 154 valence electrons. The van der Waals surface area contributed by atoms with E-state index in [1.807, 2.05) is 65.8 Å². The van der Waals surface area contributed by atoms with Crippen molar-refractivity contribution < 1.29 is 14.4 Å². The van der Waals surface area contributed by atoms with Crippen LogP contribution in [0.1, 0.15) is 21.5 Å². The number of nitrogens with zero attached hydrogens (tertiary/aromatic N) is 2. The second-order valence-corrected chi connectivity index (χ2v) is 7.92. The summed E-state index contributed by atoms with van der Waals surface area (Å²) in [6, 6.07) is 19.1. The van der Waals surface area contributed by atoms with E-state index in [0.717, 1.165) is 38.3 Å². The highest BCUT2D eigenvalue weighted by atomic mass is 35.5. The number of carbonyl (C=O) groups excluding carboxylic acids is 1. The van der Waals surface area contributed by atoms with Crippen molar-refractivity contribution in [3.63, 3.8) is 0 Å². The molecule has 6 heteroatoms. The molecule has 3 aromatic rings. The number of rotatable bonds is 6. The van der Waals surface area contributed by atoms with Crippen molar-refractivity contribution >= 4 is 17.5 Å². The summed E-state index contributed by atoms with van der Waals surface area (Å²) in [5, 5.41) is 0.694. The van der Waals surface area contributed by atoms with Crippen molar-refractivity contribution in [1.82, 2.24) is 9.88 Å². The summed E-state index contributed by atoms with van der Waals surface area (Å²) < 4.78 is 5.97. The van der Waals surface area contributed by atoms with E-state index in [9.17, 15) is 4.79 Å². The molecule has 1 amide bonds. The van der Waals surface area contributed by atoms with Crippen LogP contribution in [0.4, 0.5) is 0 Å². The zero-order valence-electron chi connectivity index (χ0n) is 16.8. The normalized spacial score (nSPS) is 14.5. The van der Waals surface area contributed by atoms with E-state index in [-0.39, 0.29) is 5.91 Å². The first-order valence-corrected chi connectivity index (χ1v) is 10.5. The second-order valence-electron chi connectivity index (χ2n) is 7.49. The smallest absolute Gasteiger partial charge is 0.258 e. The molecule has 2 aromatic carbocycles. The van der Waals surface area contributed by atoms with Gasteiger partial charge in [-0.25, -0.2) is 0 Å². The number of amides is 1. The third kappa shape index (κ3) is 5.17. The van der Waals surface area contributed by atoms with Crippen molar-refractivity contribution in [3.05, 3.63) is 94.8 Å². The number of carbonyl (C=O) groups is 1. The monoisotopic (exact) mass is 422 g/mol. The van der Waals surface area contributed by atoms with Gasteiger partial charge in [-0.15, -0.1) is 0 Å². The Kier molecular flexibility index (Phi) is 6.62. The average Bonchev–Trinajstić information content (AvgIpc) is 2.80. The molecule has 4 rings (SSSR count). The number of hydrogen-bond acceptors (Lipinski definition) is 3. The van der Waals surface area contributed by atoms with E-state index >= 15 is 0 Å². The number of ether oxygens (including phenoxy) is 1. The van der Waals surface area contributed by atoms with Crippen LogP contribution in [-0.2, 0) is 13.2 Å². The lowest BCUT2D eigenvalue weighted by molar-refractivity contribution is -0.917. The summed E-state index contributed by atoms with van der Waals surface area (Å²) in [5.41, 5.74) is 2.90. The van der Waals surface area contributed by atoms with Gasteiger partial charge in [0.15, 0.2) is 0 Å². The van der Waals surface area contributed by atoms with Gasteiger partial charge in [-0.3, -0.25) is 9.78 Å². The minimum atomic E-state index is 0.0321. The molecular weight excluding hydrogens is 398 g/mol. The average molecular weight is 423 g/mol. The maximum absolute atomic E-state index is 13.2. The highest BCUT2D eigenvalue weighted by Crippen LogP contribution is 2.22. The van der Waals surface area contributed by atoms with Crippen LogP contribution in [-0.4, -0.2) is 42.0 Å². The first-order chi connectivity index (χ1) is 14.7. The predicted octanol–water partition coefficient (Wildman–Crippen LogP) is 2.85. The van der Waals surface area contributed by atoms with Crippen molar-refractivity contribution in [1.29, 1.82) is 0 Å². The van der Waals surface area contributed by atoms with Crippen molar-refractivity contribution in [2.24, 2.45) is 0 Å². The van der Waals surface area contributed by atoms with Crippen LogP contribution in [0.25, 0.3) is 0 Å². The maximum Gasteiger partial charge on any atom is 0.258 e. The summed E-state index contributed by atoms with van der Waals surface area (Å²) in [6.07, 6.45) is 3.66. The highest BCUT2D eigenvalue weighted by Gasteiger charge is 2.26. The standard InChI is InChI=1S/C24H24ClN3O2/c25-21-7-5-20(6-8-21)18-30-23-4-2-1-3-22(23)24(29)28-15-13-27(14-16-28)17-19-9-11-26-12-10-19/h1-12H,13-18H2/p+1. The molecule has 0 saturated carbocycles. The van der Waals surface area contributed by atoms with Gasteiger partial charge in [-0.1, -0.05) is 35.9 Å². The largest absolute Gasteiger partial charge is 0.488 e. The number of pyridine rings is 1. The first-order valence-electron chi connectivity index (χ1n) is 10.2. The van der Waals surface area contributed by atoms with E-state index < -0.39 is 0 Å². The Balaban J connectivity index is 1.36. The van der Waals surface area contributed by atoms with Crippen LogP contribution < -0.4 is 9.64 Å². The molecule has 1 aliphatic heterocycles. The van der Waals surface area contributed by atoms with Gasteiger partial charge in [0.25, 0.3) is 5.91 Å². The van der Waals surface area contributed by atoms with Gasteiger partial charge in [0, 0.05) is 23.0 Å². The summed E-state index contributed by atoms with van der Waals surface area (Å²) in [4.78, 5) is 20.6. The van der Waals surface area contributed by atoms with Crippen LogP contribution in [0.15, 0.2) is 73.1 Å². The van der Waals surface area contributed by atoms with Crippen LogP contribution in [0.5, 0.6) is 5.75 Å². The number of benzene rings is 2. The van der Waals surface area contributed by atoms with Gasteiger partial charge in [0.2, 0.25) is 0 Å². The van der Waals surface area contributed by atoms with Crippen molar-refractivity contribution in [3.8, 4) is 5.75 Å². The van der Waals surface area contributed by atoms with Gasteiger partial charge < -0.3 is 14.5 Å². The van der Waals surface area contributed by atoms with E-state index in [4.69, 9.17) is 16.3 Å². The Bertz CT molecular complexity index is 971. The molecular formula is C24H25ClN3O2+. The van der Waals surface area contributed by atoms with Gasteiger partial charge in [0.05, 0.1) is 31.7 Å². The van der Waals surface area contributed by atoms with E-state index in [2.05, 4.69) is 17.1 Å². The predicted molar refractivity (Wildman–Crippen MR) is 117 cm³/mol. The number of piperazine rings is 1. The lowest BCUT2D eigenvalue weighted by Crippen LogP contribution is -3.13. The third-order valence-electron chi connectivity index (χ3n) is 5.39. The molecule has 1 aromatic heterocycles. The summed E-state index contributed by atoms with van der Waals surface area (Å²) in [5.74, 6) is 0.647. The van der Waals surface area contributed by atoms with E-state index in [0.29, 0.717) is 22.9 Å². The summed E-state index contributed by atoms with van der Waals surface area (Å²) >= 11 is 5.94. The Morgan fingerprint density at radius 1 is 0.967 bits per heavy atom. The minimum Gasteiger partial charge on any atom is -0.488 e.